The SMILES string of the molecule is CC(C)Oc1ccc2c(ccn2CCS(C)(=O)=O)c1. The molecule has 0 spiro atoms. The zero-order valence-electron chi connectivity index (χ0n) is 11.5. The van der Waals surface area contributed by atoms with Gasteiger partial charge in [0.1, 0.15) is 15.6 Å². The van der Waals surface area contributed by atoms with E-state index in [1.807, 2.05) is 48.9 Å². The molecular weight excluding hydrogens is 262 g/mol. The number of hydrogen-bond acceptors (Lipinski definition) is 3. The van der Waals surface area contributed by atoms with E-state index < -0.39 is 9.84 Å². The van der Waals surface area contributed by atoms with Crippen molar-refractivity contribution in [1.82, 2.24) is 4.57 Å². The molecule has 0 saturated heterocycles. The van der Waals surface area contributed by atoms with Gasteiger partial charge in [-0.2, -0.15) is 0 Å². The van der Waals surface area contributed by atoms with Gasteiger partial charge in [-0.05, 0) is 38.1 Å². The van der Waals surface area contributed by atoms with E-state index in [1.54, 1.807) is 0 Å². The molecule has 0 amide bonds. The van der Waals surface area contributed by atoms with Crippen LogP contribution in [0.3, 0.4) is 0 Å². The van der Waals surface area contributed by atoms with Crippen molar-refractivity contribution in [1.29, 1.82) is 0 Å². The molecule has 0 radical (unpaired) electrons. The molecular formula is C14H19NO3S. The first-order valence-corrected chi connectivity index (χ1v) is 8.34. The molecule has 1 heterocycles. The molecule has 0 unspecified atom stereocenters. The maximum Gasteiger partial charge on any atom is 0.149 e. The second-order valence-corrected chi connectivity index (χ2v) is 7.29. The molecule has 0 aliphatic carbocycles. The van der Waals surface area contributed by atoms with Gasteiger partial charge >= 0.3 is 0 Å². The Bertz CT molecular complexity index is 671. The second-order valence-electron chi connectivity index (χ2n) is 5.03. The van der Waals surface area contributed by atoms with Crippen LogP contribution in [0.4, 0.5) is 0 Å². The van der Waals surface area contributed by atoms with Crippen molar-refractivity contribution in [2.45, 2.75) is 26.5 Å². The first-order valence-electron chi connectivity index (χ1n) is 6.28. The van der Waals surface area contributed by atoms with Crippen molar-refractivity contribution in [3.63, 3.8) is 0 Å². The number of hydrogen-bond donors (Lipinski definition) is 0. The summed E-state index contributed by atoms with van der Waals surface area (Å²) in [5.74, 6) is 0.990. The van der Waals surface area contributed by atoms with Gasteiger partial charge < -0.3 is 9.30 Å². The molecule has 1 aromatic carbocycles. The minimum Gasteiger partial charge on any atom is -0.491 e. The summed E-state index contributed by atoms with van der Waals surface area (Å²) in [6, 6.07) is 7.84. The number of sulfone groups is 1. The predicted molar refractivity (Wildman–Crippen MR) is 77.4 cm³/mol. The van der Waals surface area contributed by atoms with Crippen LogP contribution in [0.2, 0.25) is 0 Å². The summed E-state index contributed by atoms with van der Waals surface area (Å²) < 4.78 is 30.0. The minimum atomic E-state index is -2.94. The third kappa shape index (κ3) is 3.73. The molecule has 0 aliphatic rings. The number of ether oxygens (including phenoxy) is 1. The highest BCUT2D eigenvalue weighted by Crippen LogP contribution is 2.22. The lowest BCUT2D eigenvalue weighted by Gasteiger charge is -2.10. The Morgan fingerprint density at radius 1 is 1.26 bits per heavy atom. The van der Waals surface area contributed by atoms with Crippen LogP contribution in [-0.4, -0.2) is 31.1 Å². The van der Waals surface area contributed by atoms with Gasteiger partial charge in [-0.15, -0.1) is 0 Å². The Labute approximate surface area is 113 Å². The Hall–Kier alpha value is -1.49. The van der Waals surface area contributed by atoms with E-state index in [9.17, 15) is 8.42 Å². The predicted octanol–water partition coefficient (Wildman–Crippen LogP) is 2.47. The average molecular weight is 281 g/mol. The fourth-order valence-electron chi connectivity index (χ4n) is 1.98. The van der Waals surface area contributed by atoms with Gasteiger partial charge in [-0.25, -0.2) is 8.42 Å². The summed E-state index contributed by atoms with van der Waals surface area (Å²) in [5.41, 5.74) is 1.03. The standard InChI is InChI=1S/C14H19NO3S/c1-11(2)18-13-4-5-14-12(10-13)6-7-15(14)8-9-19(3,16)17/h4-7,10-11H,8-9H2,1-3H3. The van der Waals surface area contributed by atoms with Gasteiger partial charge in [-0.3, -0.25) is 0 Å². The highest BCUT2D eigenvalue weighted by Gasteiger charge is 2.07. The summed E-state index contributed by atoms with van der Waals surface area (Å²) >= 11 is 0. The molecule has 19 heavy (non-hydrogen) atoms. The lowest BCUT2D eigenvalue weighted by molar-refractivity contribution is 0.243. The summed E-state index contributed by atoms with van der Waals surface area (Å²) in [5, 5.41) is 1.06. The van der Waals surface area contributed by atoms with Crippen LogP contribution in [-0.2, 0) is 16.4 Å². The van der Waals surface area contributed by atoms with Crippen LogP contribution in [0.1, 0.15) is 13.8 Å². The summed E-state index contributed by atoms with van der Waals surface area (Å²) in [6.07, 6.45) is 3.31. The van der Waals surface area contributed by atoms with E-state index in [4.69, 9.17) is 4.74 Å². The summed E-state index contributed by atoms with van der Waals surface area (Å²) in [7, 11) is -2.94. The molecule has 2 aromatic rings. The number of fused-ring (bicyclic) bond motifs is 1. The molecule has 0 fully saturated rings. The number of aromatic nitrogens is 1. The second kappa shape index (κ2) is 5.25. The topological polar surface area (TPSA) is 48.3 Å². The van der Waals surface area contributed by atoms with Crippen LogP contribution >= 0.6 is 0 Å². The molecule has 104 valence electrons. The van der Waals surface area contributed by atoms with E-state index in [0.717, 1.165) is 16.7 Å². The monoisotopic (exact) mass is 281 g/mol. The van der Waals surface area contributed by atoms with E-state index in [1.165, 1.54) is 6.26 Å². The third-order valence-electron chi connectivity index (χ3n) is 2.82. The molecule has 0 aliphatic heterocycles. The fraction of sp³-hybridized carbons (Fsp3) is 0.429. The largest absolute Gasteiger partial charge is 0.491 e. The van der Waals surface area contributed by atoms with E-state index in [-0.39, 0.29) is 11.9 Å². The molecule has 1 aromatic heterocycles. The van der Waals surface area contributed by atoms with Crippen LogP contribution in [0.25, 0.3) is 10.9 Å². The molecule has 0 N–H and O–H groups in total. The zero-order valence-corrected chi connectivity index (χ0v) is 12.3. The molecule has 4 nitrogen and oxygen atoms in total. The molecule has 0 bridgehead atoms. The highest BCUT2D eigenvalue weighted by atomic mass is 32.2. The zero-order chi connectivity index (χ0) is 14.0. The minimum absolute atomic E-state index is 0.143. The van der Waals surface area contributed by atoms with Gasteiger partial charge in [0.15, 0.2) is 0 Å². The van der Waals surface area contributed by atoms with E-state index >= 15 is 0 Å². The fourth-order valence-corrected chi connectivity index (χ4v) is 2.51. The Balaban J connectivity index is 2.24. The van der Waals surface area contributed by atoms with Crippen molar-refractivity contribution in [3.05, 3.63) is 30.5 Å². The van der Waals surface area contributed by atoms with Gasteiger partial charge in [0.2, 0.25) is 0 Å². The number of benzene rings is 1. The van der Waals surface area contributed by atoms with Gasteiger partial charge in [-0.1, -0.05) is 0 Å². The first-order chi connectivity index (χ1) is 8.85. The maximum atomic E-state index is 11.2. The van der Waals surface area contributed by atoms with Crippen LogP contribution in [0.5, 0.6) is 5.75 Å². The normalized spacial score (nSPS) is 12.2. The Morgan fingerprint density at radius 2 is 2.00 bits per heavy atom. The van der Waals surface area contributed by atoms with Crippen molar-refractivity contribution >= 4 is 20.7 Å². The van der Waals surface area contributed by atoms with Gasteiger partial charge in [0.25, 0.3) is 0 Å². The van der Waals surface area contributed by atoms with Crippen molar-refractivity contribution in [3.8, 4) is 5.75 Å². The molecule has 5 heteroatoms. The third-order valence-corrected chi connectivity index (χ3v) is 3.74. The van der Waals surface area contributed by atoms with Gasteiger partial charge in [0.05, 0.1) is 11.9 Å². The van der Waals surface area contributed by atoms with E-state index in [2.05, 4.69) is 0 Å². The molecule has 0 atom stereocenters. The maximum absolute atomic E-state index is 11.2. The van der Waals surface area contributed by atoms with Crippen LogP contribution in [0.15, 0.2) is 30.5 Å². The highest BCUT2D eigenvalue weighted by molar-refractivity contribution is 7.90. The van der Waals surface area contributed by atoms with Crippen molar-refractivity contribution < 1.29 is 13.2 Å². The van der Waals surface area contributed by atoms with E-state index in [0.29, 0.717) is 6.54 Å². The average Bonchev–Trinajstić information content (AvgIpc) is 2.67. The van der Waals surface area contributed by atoms with Crippen molar-refractivity contribution in [2.75, 3.05) is 12.0 Å². The first kappa shape index (κ1) is 13.9. The smallest absolute Gasteiger partial charge is 0.149 e. The lowest BCUT2D eigenvalue weighted by atomic mass is 10.2. The number of rotatable bonds is 5. The molecule has 0 saturated carbocycles. The Morgan fingerprint density at radius 3 is 2.63 bits per heavy atom. The molecule has 2 rings (SSSR count). The summed E-state index contributed by atoms with van der Waals surface area (Å²) in [4.78, 5) is 0. The van der Waals surface area contributed by atoms with Crippen LogP contribution < -0.4 is 4.74 Å². The summed E-state index contributed by atoms with van der Waals surface area (Å²) in [6.45, 7) is 4.45. The number of nitrogens with zero attached hydrogens (tertiary/aromatic N) is 1. The van der Waals surface area contributed by atoms with Crippen LogP contribution in [0, 0.1) is 0 Å². The Kier molecular flexibility index (Phi) is 3.85. The quantitative estimate of drug-likeness (QED) is 0.846. The lowest BCUT2D eigenvalue weighted by Crippen LogP contribution is -2.10. The van der Waals surface area contributed by atoms with Crippen molar-refractivity contribution in [2.24, 2.45) is 0 Å². The van der Waals surface area contributed by atoms with Gasteiger partial charge in [0, 0.05) is 29.9 Å². The number of aryl methyl sites for hydroxylation is 1.